The van der Waals surface area contributed by atoms with Crippen LogP contribution in [0.5, 0.6) is 5.75 Å². The minimum absolute atomic E-state index is 0.0541. The molecule has 4 N–H and O–H groups in total. The molecule has 0 radical (unpaired) electrons. The van der Waals surface area contributed by atoms with Gasteiger partial charge >= 0.3 is 13.1 Å². The van der Waals surface area contributed by atoms with E-state index in [4.69, 9.17) is 15.5 Å². The van der Waals surface area contributed by atoms with Crippen LogP contribution in [0.4, 0.5) is 0 Å². The number of benzene rings is 1. The lowest BCUT2D eigenvalue weighted by Gasteiger charge is -2.25. The van der Waals surface area contributed by atoms with Crippen LogP contribution in [0, 0.1) is 0 Å². The highest BCUT2D eigenvalue weighted by Gasteiger charge is 2.33. The number of rotatable bonds is 1. The molecule has 0 bridgehead atoms. The number of aromatic carboxylic acids is 1. The van der Waals surface area contributed by atoms with Gasteiger partial charge in [0.2, 0.25) is 0 Å². The van der Waals surface area contributed by atoms with Gasteiger partial charge in [-0.15, -0.1) is 0 Å². The van der Waals surface area contributed by atoms with E-state index < -0.39 is 19.0 Å². The minimum atomic E-state index is -1.14. The molecule has 78 valence electrons. The molecule has 0 spiro atoms. The molecular weight excluding hydrogens is 197 g/mol. The Balaban J connectivity index is 2.48. The number of carboxylic acids is 1. The first-order chi connectivity index (χ1) is 7.09. The van der Waals surface area contributed by atoms with E-state index in [2.05, 4.69) is 0 Å². The second-order valence-electron chi connectivity index (χ2n) is 3.48. The van der Waals surface area contributed by atoms with Gasteiger partial charge in [0.1, 0.15) is 5.75 Å². The topological polar surface area (TPSA) is 92.8 Å². The van der Waals surface area contributed by atoms with Crippen LogP contribution in [0.2, 0.25) is 0 Å². The third-order valence-corrected chi connectivity index (χ3v) is 2.39. The normalized spacial score (nSPS) is 19.3. The zero-order valence-corrected chi connectivity index (χ0v) is 7.88. The van der Waals surface area contributed by atoms with Crippen LogP contribution in [0.25, 0.3) is 0 Å². The van der Waals surface area contributed by atoms with Crippen LogP contribution in [0.3, 0.4) is 0 Å². The number of fused-ring (bicyclic) bond motifs is 1. The summed E-state index contributed by atoms with van der Waals surface area (Å²) in [5, 5.41) is 18.3. The molecule has 0 amide bonds. The average molecular weight is 207 g/mol. The summed E-state index contributed by atoms with van der Waals surface area (Å²) in [6.45, 7) is 0. The lowest BCUT2D eigenvalue weighted by Crippen LogP contribution is -2.48. The molecule has 0 saturated carbocycles. The predicted molar refractivity (Wildman–Crippen MR) is 53.7 cm³/mol. The van der Waals surface area contributed by atoms with E-state index in [0.717, 1.165) is 0 Å². The maximum Gasteiger partial charge on any atom is 0.540 e. The first-order valence-corrected chi connectivity index (χ1v) is 4.55. The number of hydrogen-bond donors (Lipinski definition) is 3. The molecule has 2 rings (SSSR count). The van der Waals surface area contributed by atoms with E-state index in [1.165, 1.54) is 6.07 Å². The largest absolute Gasteiger partial charge is 0.540 e. The highest BCUT2D eigenvalue weighted by Crippen LogP contribution is 2.29. The molecule has 5 nitrogen and oxygen atoms in total. The van der Waals surface area contributed by atoms with Crippen LogP contribution >= 0.6 is 0 Å². The molecule has 1 atom stereocenters. The van der Waals surface area contributed by atoms with E-state index in [-0.39, 0.29) is 11.3 Å². The third kappa shape index (κ3) is 1.69. The van der Waals surface area contributed by atoms with Crippen molar-refractivity contribution in [3.8, 4) is 5.75 Å². The van der Waals surface area contributed by atoms with E-state index in [1.807, 2.05) is 0 Å². The third-order valence-electron chi connectivity index (χ3n) is 2.39. The van der Waals surface area contributed by atoms with Crippen molar-refractivity contribution >= 4 is 13.1 Å². The smallest absolute Gasteiger partial charge is 0.534 e. The Kier molecular flexibility index (Phi) is 2.38. The lowest BCUT2D eigenvalue weighted by molar-refractivity contribution is 0.0694. The van der Waals surface area contributed by atoms with Gasteiger partial charge in [-0.25, -0.2) is 4.79 Å². The summed E-state index contributed by atoms with van der Waals surface area (Å²) in [7, 11) is -1.14. The fraction of sp³-hybridized carbons (Fsp3) is 0.222. The molecule has 0 fully saturated rings. The van der Waals surface area contributed by atoms with Crippen LogP contribution in [-0.4, -0.2) is 29.2 Å². The van der Waals surface area contributed by atoms with Crippen molar-refractivity contribution in [2.45, 2.75) is 12.4 Å². The Morgan fingerprint density at radius 1 is 1.60 bits per heavy atom. The molecule has 0 saturated heterocycles. The van der Waals surface area contributed by atoms with Gasteiger partial charge in [0.05, 0.1) is 11.5 Å². The maximum absolute atomic E-state index is 10.9. The van der Waals surface area contributed by atoms with Gasteiger partial charge < -0.3 is 20.5 Å². The lowest BCUT2D eigenvalue weighted by atomic mass is 9.73. The van der Waals surface area contributed by atoms with Gasteiger partial charge in [0.15, 0.2) is 0 Å². The number of para-hydroxylation sites is 1. The van der Waals surface area contributed by atoms with Crippen molar-refractivity contribution in [1.82, 2.24) is 0 Å². The fourth-order valence-corrected chi connectivity index (χ4v) is 1.62. The van der Waals surface area contributed by atoms with Gasteiger partial charge in [-0.05, 0) is 18.1 Å². The van der Waals surface area contributed by atoms with Crippen LogP contribution in [-0.2, 0) is 6.42 Å². The molecule has 1 aliphatic rings. The number of nitrogens with two attached hydrogens (primary N) is 1. The molecule has 15 heavy (non-hydrogen) atoms. The Hall–Kier alpha value is -1.53. The second kappa shape index (κ2) is 3.56. The van der Waals surface area contributed by atoms with Crippen LogP contribution < -0.4 is 10.4 Å². The number of carbonyl (C=O) groups is 1. The molecule has 0 unspecified atom stereocenters. The molecule has 1 aromatic carbocycles. The van der Waals surface area contributed by atoms with E-state index in [1.54, 1.807) is 12.1 Å². The second-order valence-corrected chi connectivity index (χ2v) is 3.48. The van der Waals surface area contributed by atoms with Crippen molar-refractivity contribution in [3.63, 3.8) is 0 Å². The summed E-state index contributed by atoms with van der Waals surface area (Å²) in [5.74, 6) is -1.37. The van der Waals surface area contributed by atoms with E-state index in [0.29, 0.717) is 12.0 Å². The zero-order valence-electron chi connectivity index (χ0n) is 7.88. The van der Waals surface area contributed by atoms with Gasteiger partial charge in [0, 0.05) is 0 Å². The summed E-state index contributed by atoms with van der Waals surface area (Å²) in [6.07, 6.45) is 0.414. The van der Waals surface area contributed by atoms with Gasteiger partial charge in [-0.2, -0.15) is 0 Å². The van der Waals surface area contributed by atoms with Crippen LogP contribution in [0.15, 0.2) is 18.2 Å². The molecule has 1 aliphatic heterocycles. The standard InChI is InChI=1S/C9H10BNO4/c11-7-4-5-2-1-3-6(9(12)13)8(5)15-10(7)14/h1-3,7,14H,4,11H2,(H,12,13)/t7-/m0/s1. The van der Waals surface area contributed by atoms with Gasteiger partial charge in [0.25, 0.3) is 0 Å². The Bertz CT molecular complexity index is 409. The molecule has 0 aliphatic carbocycles. The SMILES string of the molecule is N[C@H]1Cc2cccc(C(=O)O)c2OB1O. The van der Waals surface area contributed by atoms with Crippen molar-refractivity contribution in [2.24, 2.45) is 5.73 Å². The highest BCUT2D eigenvalue weighted by atomic mass is 16.5. The Morgan fingerprint density at radius 3 is 3.00 bits per heavy atom. The highest BCUT2D eigenvalue weighted by molar-refractivity contribution is 6.46. The number of hydrogen-bond acceptors (Lipinski definition) is 4. The minimum Gasteiger partial charge on any atom is -0.534 e. The first kappa shape index (κ1) is 10.0. The van der Waals surface area contributed by atoms with Crippen molar-refractivity contribution in [3.05, 3.63) is 29.3 Å². The van der Waals surface area contributed by atoms with Gasteiger partial charge in [-0.1, -0.05) is 12.1 Å². The Labute approximate surface area is 86.6 Å². The number of carboxylic acid groups (broad SMARTS) is 1. The summed E-state index contributed by atoms with van der Waals surface area (Å²) < 4.78 is 5.09. The fourth-order valence-electron chi connectivity index (χ4n) is 1.62. The van der Waals surface area contributed by atoms with Crippen LogP contribution in [0.1, 0.15) is 15.9 Å². The Morgan fingerprint density at radius 2 is 2.33 bits per heavy atom. The van der Waals surface area contributed by atoms with Crippen molar-refractivity contribution in [2.75, 3.05) is 0 Å². The summed E-state index contributed by atoms with van der Waals surface area (Å²) in [5.41, 5.74) is 6.37. The summed E-state index contributed by atoms with van der Waals surface area (Å²) in [4.78, 5) is 10.9. The summed E-state index contributed by atoms with van der Waals surface area (Å²) >= 11 is 0. The zero-order chi connectivity index (χ0) is 11.0. The monoisotopic (exact) mass is 207 g/mol. The molecular formula is C9H10BNO4. The first-order valence-electron chi connectivity index (χ1n) is 4.55. The van der Waals surface area contributed by atoms with Gasteiger partial charge in [-0.3, -0.25) is 0 Å². The molecule has 1 aromatic rings. The van der Waals surface area contributed by atoms with E-state index in [9.17, 15) is 9.82 Å². The molecule has 1 heterocycles. The predicted octanol–water partition coefficient (Wildman–Crippen LogP) is -0.333. The maximum atomic E-state index is 10.9. The van der Waals surface area contributed by atoms with E-state index >= 15 is 0 Å². The van der Waals surface area contributed by atoms with Crippen molar-refractivity contribution in [1.29, 1.82) is 0 Å². The molecule has 0 aromatic heterocycles. The van der Waals surface area contributed by atoms with Crippen molar-refractivity contribution < 1.29 is 19.6 Å². The molecule has 6 heteroatoms. The quantitative estimate of drug-likeness (QED) is 0.548. The average Bonchev–Trinajstić information content (AvgIpc) is 2.18. The summed E-state index contributed by atoms with van der Waals surface area (Å²) in [6, 6.07) is 4.81.